The lowest BCUT2D eigenvalue weighted by Crippen LogP contribution is -2.29. The molecule has 1 aromatic rings. The summed E-state index contributed by atoms with van der Waals surface area (Å²) in [7, 11) is 0. The van der Waals surface area contributed by atoms with Gasteiger partial charge in [0.15, 0.2) is 0 Å². The highest BCUT2D eigenvalue weighted by Gasteiger charge is 2.37. The number of hydrogen-bond donors (Lipinski definition) is 0. The molecule has 1 unspecified atom stereocenters. The molecule has 0 bridgehead atoms. The Kier molecular flexibility index (Phi) is 3.89. The maximum absolute atomic E-state index is 13.9. The Hall–Kier alpha value is -1.11. The van der Waals surface area contributed by atoms with Crippen molar-refractivity contribution in [1.29, 1.82) is 0 Å². The molecule has 102 valence electrons. The normalized spacial score (nSPS) is 20.0. The van der Waals surface area contributed by atoms with Crippen LogP contribution in [0.3, 0.4) is 0 Å². The number of hydrogen-bond acceptors (Lipinski definition) is 2. The van der Waals surface area contributed by atoms with Crippen LogP contribution in [0.25, 0.3) is 0 Å². The molecule has 1 aliphatic heterocycles. The maximum atomic E-state index is 13.9. The second-order valence-electron chi connectivity index (χ2n) is 4.37. The van der Waals surface area contributed by atoms with Crippen LogP contribution in [0.2, 0.25) is 0 Å². The molecule has 1 atom stereocenters. The average Bonchev–Trinajstić information content (AvgIpc) is 2.78. The van der Waals surface area contributed by atoms with Gasteiger partial charge in [0.25, 0.3) is 0 Å². The number of halogens is 4. The van der Waals surface area contributed by atoms with Crippen molar-refractivity contribution in [3.05, 3.63) is 18.2 Å². The summed E-state index contributed by atoms with van der Waals surface area (Å²) in [4.78, 5) is 3.23. The van der Waals surface area contributed by atoms with Crippen molar-refractivity contribution in [3.63, 3.8) is 0 Å². The predicted octanol–water partition coefficient (Wildman–Crippen LogP) is 2.67. The number of imidazole rings is 1. The molecule has 2 rings (SSSR count). The highest BCUT2D eigenvalue weighted by Crippen LogP contribution is 2.29. The molecule has 0 amide bonds. The Morgan fingerprint density at radius 1 is 1.39 bits per heavy atom. The van der Waals surface area contributed by atoms with Gasteiger partial charge in [-0.3, -0.25) is 0 Å². The first-order chi connectivity index (χ1) is 8.48. The third kappa shape index (κ3) is 3.01. The monoisotopic (exact) mass is 266 g/mol. The van der Waals surface area contributed by atoms with Crippen LogP contribution in [-0.4, -0.2) is 28.9 Å². The Bertz CT molecular complexity index is 385. The smallest absolute Gasteiger partial charge is 0.381 e. The van der Waals surface area contributed by atoms with E-state index in [1.54, 1.807) is 0 Å². The summed E-state index contributed by atoms with van der Waals surface area (Å²) in [6, 6.07) is 0. The number of aromatic nitrogens is 2. The zero-order valence-electron chi connectivity index (χ0n) is 9.66. The first kappa shape index (κ1) is 13.3. The molecule has 0 saturated carbocycles. The quantitative estimate of drug-likeness (QED) is 0.786. The Balaban J connectivity index is 2.02. The van der Waals surface area contributed by atoms with E-state index in [2.05, 4.69) is 4.98 Å². The molecule has 1 saturated heterocycles. The van der Waals surface area contributed by atoms with Crippen LogP contribution in [-0.2, 0) is 17.5 Å². The summed E-state index contributed by atoms with van der Waals surface area (Å²) in [6.07, 6.45) is -2.54. The molecule has 2 heterocycles. The Labute approximate surface area is 102 Å². The van der Waals surface area contributed by atoms with Crippen LogP contribution in [0.1, 0.15) is 18.7 Å². The van der Waals surface area contributed by atoms with Gasteiger partial charge in [-0.15, -0.1) is 0 Å². The first-order valence-corrected chi connectivity index (χ1v) is 5.78. The third-order valence-electron chi connectivity index (χ3n) is 3.12. The maximum Gasteiger partial charge on any atom is 0.449 e. The standard InChI is InChI=1S/C11H14F4N2O/c12-9(8-1-5-18-6-2-8)7-17-4-3-16-10(17)11(13,14)15/h3-4,8-9H,1-2,5-7H2. The lowest BCUT2D eigenvalue weighted by Gasteiger charge is -2.25. The summed E-state index contributed by atoms with van der Waals surface area (Å²) in [5, 5.41) is 0. The van der Waals surface area contributed by atoms with Crippen LogP contribution in [0.5, 0.6) is 0 Å². The topological polar surface area (TPSA) is 27.1 Å². The van der Waals surface area contributed by atoms with Crippen molar-refractivity contribution in [3.8, 4) is 0 Å². The Morgan fingerprint density at radius 3 is 2.67 bits per heavy atom. The molecular formula is C11H14F4N2O. The summed E-state index contributed by atoms with van der Waals surface area (Å²) in [5.41, 5.74) is 0. The summed E-state index contributed by atoms with van der Waals surface area (Å²) in [6.45, 7) is 0.641. The minimum atomic E-state index is -4.54. The fourth-order valence-electron chi connectivity index (χ4n) is 2.13. The van der Waals surface area contributed by atoms with E-state index < -0.39 is 18.2 Å². The molecule has 0 radical (unpaired) electrons. The summed E-state index contributed by atoms with van der Waals surface area (Å²) in [5.74, 6) is -1.28. The van der Waals surface area contributed by atoms with Gasteiger partial charge in [0.2, 0.25) is 5.82 Å². The van der Waals surface area contributed by atoms with E-state index in [1.807, 2.05) is 0 Å². The number of ether oxygens (including phenoxy) is 1. The zero-order chi connectivity index (χ0) is 13.2. The fraction of sp³-hybridized carbons (Fsp3) is 0.727. The van der Waals surface area contributed by atoms with Crippen molar-refractivity contribution in [2.45, 2.75) is 31.7 Å². The molecule has 1 aromatic heterocycles. The Morgan fingerprint density at radius 2 is 2.06 bits per heavy atom. The minimum Gasteiger partial charge on any atom is -0.381 e. The summed E-state index contributed by atoms with van der Waals surface area (Å²) >= 11 is 0. The van der Waals surface area contributed by atoms with Crippen LogP contribution in [0, 0.1) is 5.92 Å². The van der Waals surface area contributed by atoms with Crippen molar-refractivity contribution < 1.29 is 22.3 Å². The van der Waals surface area contributed by atoms with Gasteiger partial charge in [0.05, 0.1) is 6.54 Å². The van der Waals surface area contributed by atoms with Crippen LogP contribution >= 0.6 is 0 Å². The lowest BCUT2D eigenvalue weighted by molar-refractivity contribution is -0.147. The second-order valence-corrected chi connectivity index (χ2v) is 4.37. The van der Waals surface area contributed by atoms with E-state index in [4.69, 9.17) is 4.74 Å². The van der Waals surface area contributed by atoms with Gasteiger partial charge in [-0.25, -0.2) is 9.37 Å². The van der Waals surface area contributed by atoms with Crippen molar-refractivity contribution in [2.75, 3.05) is 13.2 Å². The molecule has 0 aromatic carbocycles. The van der Waals surface area contributed by atoms with E-state index in [9.17, 15) is 17.6 Å². The zero-order valence-corrected chi connectivity index (χ0v) is 9.66. The third-order valence-corrected chi connectivity index (χ3v) is 3.12. The lowest BCUT2D eigenvalue weighted by atomic mass is 9.95. The molecule has 0 N–H and O–H groups in total. The highest BCUT2D eigenvalue weighted by atomic mass is 19.4. The van der Waals surface area contributed by atoms with Gasteiger partial charge < -0.3 is 9.30 Å². The number of rotatable bonds is 3. The molecular weight excluding hydrogens is 252 g/mol. The second kappa shape index (κ2) is 5.26. The molecule has 1 aliphatic rings. The van der Waals surface area contributed by atoms with Crippen LogP contribution in [0.15, 0.2) is 12.4 Å². The van der Waals surface area contributed by atoms with Gasteiger partial charge in [-0.2, -0.15) is 13.2 Å². The van der Waals surface area contributed by atoms with E-state index >= 15 is 0 Å². The number of alkyl halides is 4. The average molecular weight is 266 g/mol. The van der Waals surface area contributed by atoms with Crippen molar-refractivity contribution >= 4 is 0 Å². The van der Waals surface area contributed by atoms with E-state index in [1.165, 1.54) is 0 Å². The fourth-order valence-corrected chi connectivity index (χ4v) is 2.13. The van der Waals surface area contributed by atoms with Gasteiger partial charge in [-0.1, -0.05) is 0 Å². The molecule has 3 nitrogen and oxygen atoms in total. The molecule has 7 heteroatoms. The van der Waals surface area contributed by atoms with Crippen LogP contribution in [0.4, 0.5) is 17.6 Å². The minimum absolute atomic E-state index is 0.234. The van der Waals surface area contributed by atoms with Crippen molar-refractivity contribution in [2.24, 2.45) is 5.92 Å². The van der Waals surface area contributed by atoms with E-state index in [0.717, 1.165) is 17.0 Å². The highest BCUT2D eigenvalue weighted by molar-refractivity contribution is 4.97. The van der Waals surface area contributed by atoms with Crippen LogP contribution < -0.4 is 0 Å². The van der Waals surface area contributed by atoms with E-state index in [-0.39, 0.29) is 12.5 Å². The van der Waals surface area contributed by atoms with E-state index in [0.29, 0.717) is 26.1 Å². The first-order valence-electron chi connectivity index (χ1n) is 5.78. The SMILES string of the molecule is FC(Cn1ccnc1C(F)(F)F)C1CCOCC1. The number of nitrogens with zero attached hydrogens (tertiary/aromatic N) is 2. The summed E-state index contributed by atoms with van der Waals surface area (Å²) < 4.78 is 57.5. The largest absolute Gasteiger partial charge is 0.449 e. The predicted molar refractivity (Wildman–Crippen MR) is 55.7 cm³/mol. The van der Waals surface area contributed by atoms with Gasteiger partial charge in [0.1, 0.15) is 6.17 Å². The molecule has 1 fully saturated rings. The molecule has 0 aliphatic carbocycles. The van der Waals surface area contributed by atoms with Gasteiger partial charge in [0, 0.05) is 25.6 Å². The molecule has 18 heavy (non-hydrogen) atoms. The molecule has 0 spiro atoms. The van der Waals surface area contributed by atoms with Crippen molar-refractivity contribution in [1.82, 2.24) is 9.55 Å². The van der Waals surface area contributed by atoms with Gasteiger partial charge >= 0.3 is 6.18 Å². The van der Waals surface area contributed by atoms with Gasteiger partial charge in [-0.05, 0) is 18.8 Å².